The van der Waals surface area contributed by atoms with Gasteiger partial charge in [-0.2, -0.15) is 0 Å². The average Bonchev–Trinajstić information content (AvgIpc) is 2.87. The molecule has 1 fully saturated rings. The van der Waals surface area contributed by atoms with Crippen molar-refractivity contribution in [1.82, 2.24) is 10.2 Å². The number of rotatable bonds is 7. The van der Waals surface area contributed by atoms with Gasteiger partial charge in [0.2, 0.25) is 0 Å². The molecule has 0 bridgehead atoms. The third-order valence-electron chi connectivity index (χ3n) is 4.07. The topological polar surface area (TPSA) is 28.4 Å². The molecule has 108 valence electrons. The third kappa shape index (κ3) is 4.66. The number of furan rings is 1. The fourth-order valence-electron chi connectivity index (χ4n) is 2.93. The van der Waals surface area contributed by atoms with E-state index < -0.39 is 0 Å². The Bertz CT molecular complexity index is 353. The van der Waals surface area contributed by atoms with Crippen molar-refractivity contribution in [2.24, 2.45) is 5.92 Å². The van der Waals surface area contributed by atoms with E-state index in [0.717, 1.165) is 31.3 Å². The van der Waals surface area contributed by atoms with E-state index in [-0.39, 0.29) is 0 Å². The SMILES string of the molecule is CCCC1CCN(Cc2cc(CNCC)co2)CC1. The van der Waals surface area contributed by atoms with E-state index in [1.807, 2.05) is 6.26 Å². The lowest BCUT2D eigenvalue weighted by Crippen LogP contribution is -2.33. The highest BCUT2D eigenvalue weighted by atomic mass is 16.3. The molecule has 3 nitrogen and oxygen atoms in total. The molecule has 1 aliphatic heterocycles. The Kier molecular flexibility index (Phi) is 5.93. The van der Waals surface area contributed by atoms with Crippen LogP contribution < -0.4 is 5.32 Å². The molecule has 2 heterocycles. The summed E-state index contributed by atoms with van der Waals surface area (Å²) in [6.45, 7) is 9.78. The lowest BCUT2D eigenvalue weighted by molar-refractivity contribution is 0.161. The molecule has 0 aromatic carbocycles. The van der Waals surface area contributed by atoms with E-state index in [0.29, 0.717) is 0 Å². The molecule has 1 N–H and O–H groups in total. The lowest BCUT2D eigenvalue weighted by atomic mass is 9.92. The normalized spacial score (nSPS) is 18.0. The molecule has 1 aromatic rings. The van der Waals surface area contributed by atoms with Crippen LogP contribution >= 0.6 is 0 Å². The predicted molar refractivity (Wildman–Crippen MR) is 79.0 cm³/mol. The largest absolute Gasteiger partial charge is 0.468 e. The van der Waals surface area contributed by atoms with Gasteiger partial charge in [0.1, 0.15) is 5.76 Å². The van der Waals surface area contributed by atoms with Crippen LogP contribution in [0.25, 0.3) is 0 Å². The van der Waals surface area contributed by atoms with Gasteiger partial charge in [-0.1, -0.05) is 26.7 Å². The zero-order chi connectivity index (χ0) is 13.5. The molecule has 0 atom stereocenters. The molecule has 3 heteroatoms. The summed E-state index contributed by atoms with van der Waals surface area (Å²) in [5.41, 5.74) is 1.26. The summed E-state index contributed by atoms with van der Waals surface area (Å²) in [7, 11) is 0. The maximum atomic E-state index is 5.66. The summed E-state index contributed by atoms with van der Waals surface area (Å²) in [6, 6.07) is 2.20. The van der Waals surface area contributed by atoms with Gasteiger partial charge in [0.15, 0.2) is 0 Å². The zero-order valence-corrected chi connectivity index (χ0v) is 12.5. The predicted octanol–water partition coefficient (Wildman–Crippen LogP) is 3.40. The van der Waals surface area contributed by atoms with Gasteiger partial charge < -0.3 is 9.73 Å². The molecule has 2 rings (SSSR count). The van der Waals surface area contributed by atoms with E-state index in [1.165, 1.54) is 44.3 Å². The quantitative estimate of drug-likeness (QED) is 0.818. The van der Waals surface area contributed by atoms with Gasteiger partial charge in [-0.3, -0.25) is 4.90 Å². The molecule has 0 aliphatic carbocycles. The molecule has 1 aromatic heterocycles. The van der Waals surface area contributed by atoms with Crippen molar-refractivity contribution < 1.29 is 4.42 Å². The third-order valence-corrected chi connectivity index (χ3v) is 4.07. The van der Waals surface area contributed by atoms with Gasteiger partial charge in [-0.15, -0.1) is 0 Å². The van der Waals surface area contributed by atoms with Gasteiger partial charge in [-0.05, 0) is 44.5 Å². The van der Waals surface area contributed by atoms with Gasteiger partial charge >= 0.3 is 0 Å². The van der Waals surface area contributed by atoms with Crippen LogP contribution in [0.5, 0.6) is 0 Å². The van der Waals surface area contributed by atoms with E-state index in [2.05, 4.69) is 30.1 Å². The molecule has 0 radical (unpaired) electrons. The van der Waals surface area contributed by atoms with Crippen LogP contribution in [0.1, 0.15) is 50.9 Å². The summed E-state index contributed by atoms with van der Waals surface area (Å²) in [6.07, 6.45) is 7.34. The van der Waals surface area contributed by atoms with Crippen molar-refractivity contribution in [2.75, 3.05) is 19.6 Å². The van der Waals surface area contributed by atoms with Gasteiger partial charge in [0.25, 0.3) is 0 Å². The Morgan fingerprint density at radius 2 is 2.11 bits per heavy atom. The van der Waals surface area contributed by atoms with Crippen molar-refractivity contribution in [2.45, 2.75) is 52.6 Å². The van der Waals surface area contributed by atoms with Crippen LogP contribution in [0.15, 0.2) is 16.7 Å². The second-order valence-corrected chi connectivity index (χ2v) is 5.71. The van der Waals surface area contributed by atoms with E-state index >= 15 is 0 Å². The monoisotopic (exact) mass is 264 g/mol. The van der Waals surface area contributed by atoms with Crippen LogP contribution in [-0.2, 0) is 13.1 Å². The fraction of sp³-hybridized carbons (Fsp3) is 0.750. The Labute approximate surface area is 117 Å². The number of likely N-dealkylation sites (tertiary alicyclic amines) is 1. The first-order chi connectivity index (χ1) is 9.31. The van der Waals surface area contributed by atoms with Crippen LogP contribution in [0.3, 0.4) is 0 Å². The molecule has 0 unspecified atom stereocenters. The first-order valence-electron chi connectivity index (χ1n) is 7.81. The summed E-state index contributed by atoms with van der Waals surface area (Å²) >= 11 is 0. The Balaban J connectivity index is 1.74. The Morgan fingerprint density at radius 3 is 2.79 bits per heavy atom. The molecule has 0 spiro atoms. The molecule has 1 saturated heterocycles. The van der Waals surface area contributed by atoms with Crippen LogP contribution in [0.4, 0.5) is 0 Å². The lowest BCUT2D eigenvalue weighted by Gasteiger charge is -2.31. The molecular formula is C16H28N2O. The van der Waals surface area contributed by atoms with Crippen molar-refractivity contribution in [1.29, 1.82) is 0 Å². The standard InChI is InChI=1S/C16H28N2O/c1-3-5-14-6-8-18(9-7-14)12-16-10-15(13-19-16)11-17-4-2/h10,13-14,17H,3-9,11-12H2,1-2H3. The molecule has 19 heavy (non-hydrogen) atoms. The summed E-state index contributed by atoms with van der Waals surface area (Å²) in [4.78, 5) is 2.53. The zero-order valence-electron chi connectivity index (χ0n) is 12.5. The summed E-state index contributed by atoms with van der Waals surface area (Å²) in [5, 5.41) is 3.33. The van der Waals surface area contributed by atoms with Crippen molar-refractivity contribution in [3.63, 3.8) is 0 Å². The number of hydrogen-bond donors (Lipinski definition) is 1. The highest BCUT2D eigenvalue weighted by Gasteiger charge is 2.19. The van der Waals surface area contributed by atoms with Crippen LogP contribution in [0, 0.1) is 5.92 Å². The van der Waals surface area contributed by atoms with Crippen LogP contribution in [0.2, 0.25) is 0 Å². The minimum Gasteiger partial charge on any atom is -0.468 e. The van der Waals surface area contributed by atoms with Crippen molar-refractivity contribution in [3.05, 3.63) is 23.7 Å². The van der Waals surface area contributed by atoms with Crippen molar-refractivity contribution >= 4 is 0 Å². The first kappa shape index (κ1) is 14.6. The second-order valence-electron chi connectivity index (χ2n) is 5.71. The minimum atomic E-state index is 0.915. The fourth-order valence-corrected chi connectivity index (χ4v) is 2.93. The first-order valence-corrected chi connectivity index (χ1v) is 7.81. The molecule has 0 saturated carbocycles. The Hall–Kier alpha value is -0.800. The number of piperidine rings is 1. The van der Waals surface area contributed by atoms with E-state index in [1.54, 1.807) is 0 Å². The minimum absolute atomic E-state index is 0.915. The highest BCUT2D eigenvalue weighted by molar-refractivity contribution is 5.12. The molecule has 1 aliphatic rings. The van der Waals surface area contributed by atoms with E-state index in [4.69, 9.17) is 4.42 Å². The van der Waals surface area contributed by atoms with Gasteiger partial charge in [0.05, 0.1) is 12.8 Å². The maximum Gasteiger partial charge on any atom is 0.118 e. The molecule has 0 amide bonds. The second kappa shape index (κ2) is 7.71. The number of hydrogen-bond acceptors (Lipinski definition) is 3. The maximum absolute atomic E-state index is 5.66. The summed E-state index contributed by atoms with van der Waals surface area (Å²) in [5.74, 6) is 2.07. The van der Waals surface area contributed by atoms with Crippen molar-refractivity contribution in [3.8, 4) is 0 Å². The average molecular weight is 264 g/mol. The summed E-state index contributed by atoms with van der Waals surface area (Å²) < 4.78 is 5.66. The Morgan fingerprint density at radius 1 is 1.32 bits per heavy atom. The van der Waals surface area contributed by atoms with Gasteiger partial charge in [-0.25, -0.2) is 0 Å². The number of nitrogens with zero attached hydrogens (tertiary/aromatic N) is 1. The van der Waals surface area contributed by atoms with Gasteiger partial charge in [0, 0.05) is 12.1 Å². The van der Waals surface area contributed by atoms with E-state index in [9.17, 15) is 0 Å². The van der Waals surface area contributed by atoms with Crippen LogP contribution in [-0.4, -0.2) is 24.5 Å². The molecular weight excluding hydrogens is 236 g/mol. The highest BCUT2D eigenvalue weighted by Crippen LogP contribution is 2.23. The smallest absolute Gasteiger partial charge is 0.118 e. The number of nitrogens with one attached hydrogen (secondary N) is 1.